The highest BCUT2D eigenvalue weighted by molar-refractivity contribution is 6.42. The van der Waals surface area contributed by atoms with Crippen LogP contribution >= 0.6 is 23.2 Å². The number of fused-ring (bicyclic) bond motifs is 1. The Morgan fingerprint density at radius 1 is 1.08 bits per heavy atom. The van der Waals surface area contributed by atoms with E-state index in [2.05, 4.69) is 5.32 Å². The van der Waals surface area contributed by atoms with Gasteiger partial charge in [-0.15, -0.1) is 0 Å². The zero-order chi connectivity index (χ0) is 17.6. The summed E-state index contributed by atoms with van der Waals surface area (Å²) >= 11 is 12.5. The Labute approximate surface area is 158 Å². The average molecular weight is 384 g/mol. The molecule has 3 saturated carbocycles. The number of benzene rings is 1. The molecule has 1 aromatic carbocycles. The lowest BCUT2D eigenvalue weighted by Gasteiger charge is -2.32. The van der Waals surface area contributed by atoms with E-state index in [0.29, 0.717) is 10.6 Å². The van der Waals surface area contributed by atoms with Crippen LogP contribution in [-0.2, 0) is 4.79 Å². The highest BCUT2D eigenvalue weighted by Crippen LogP contribution is 2.54. The third kappa shape index (κ3) is 3.55. The number of carbonyl (C=O) groups excluding carboxylic acids is 1. The van der Waals surface area contributed by atoms with Crippen LogP contribution in [0.2, 0.25) is 10.0 Å². The monoisotopic (exact) mass is 383 g/mol. The molecule has 4 atom stereocenters. The topological polar surface area (TPSA) is 29.1 Å². The second-order valence-corrected chi connectivity index (χ2v) is 8.84. The van der Waals surface area contributed by atoms with Crippen LogP contribution in [0.4, 0.5) is 4.39 Å². The Morgan fingerprint density at radius 2 is 1.84 bits per heavy atom. The van der Waals surface area contributed by atoms with Crippen LogP contribution in [0.25, 0.3) is 0 Å². The van der Waals surface area contributed by atoms with Crippen molar-refractivity contribution in [2.24, 2.45) is 23.7 Å². The molecule has 136 valence electrons. The molecule has 3 aliphatic carbocycles. The van der Waals surface area contributed by atoms with E-state index in [1.165, 1.54) is 25.0 Å². The zero-order valence-corrected chi connectivity index (χ0v) is 15.8. The lowest BCUT2D eigenvalue weighted by Crippen LogP contribution is -2.38. The molecule has 1 aromatic rings. The van der Waals surface area contributed by atoms with Crippen molar-refractivity contribution in [3.63, 3.8) is 0 Å². The zero-order valence-electron chi connectivity index (χ0n) is 14.2. The van der Waals surface area contributed by atoms with Crippen LogP contribution in [0.5, 0.6) is 0 Å². The van der Waals surface area contributed by atoms with Gasteiger partial charge in [-0.25, -0.2) is 4.39 Å². The Kier molecular flexibility index (Phi) is 4.98. The molecule has 5 heteroatoms. The van der Waals surface area contributed by atoms with Gasteiger partial charge in [0.15, 0.2) is 0 Å². The first-order valence-corrected chi connectivity index (χ1v) is 10.2. The molecule has 0 aliphatic heterocycles. The van der Waals surface area contributed by atoms with E-state index in [1.807, 2.05) is 0 Å². The fraction of sp³-hybridized carbons (Fsp3) is 0.650. The predicted molar refractivity (Wildman–Crippen MR) is 98.2 cm³/mol. The summed E-state index contributed by atoms with van der Waals surface area (Å²) in [5.41, 5.74) is 0.379. The molecule has 0 aromatic heterocycles. The molecule has 1 amide bonds. The van der Waals surface area contributed by atoms with Crippen molar-refractivity contribution in [1.82, 2.24) is 5.32 Å². The summed E-state index contributed by atoms with van der Waals surface area (Å²) in [6.07, 6.45) is 8.57. The molecular weight excluding hydrogens is 360 g/mol. The molecule has 25 heavy (non-hydrogen) atoms. The summed E-state index contributed by atoms with van der Waals surface area (Å²) in [5.74, 6) is 1.56. The minimum absolute atomic E-state index is 0.0517. The van der Waals surface area contributed by atoms with Gasteiger partial charge in [0.1, 0.15) is 5.82 Å². The maximum absolute atomic E-state index is 14.7. The molecule has 3 fully saturated rings. The summed E-state index contributed by atoms with van der Waals surface area (Å²) in [4.78, 5) is 12.8. The Morgan fingerprint density at radius 3 is 2.56 bits per heavy atom. The Bertz CT molecular complexity index is 674. The van der Waals surface area contributed by atoms with Crippen LogP contribution < -0.4 is 5.32 Å². The number of rotatable bonds is 4. The van der Waals surface area contributed by atoms with Crippen molar-refractivity contribution < 1.29 is 9.18 Å². The third-order valence-electron chi connectivity index (χ3n) is 6.47. The molecule has 3 unspecified atom stereocenters. The number of hydrogen-bond donors (Lipinski definition) is 1. The maximum atomic E-state index is 14.7. The van der Waals surface area contributed by atoms with Gasteiger partial charge in [0, 0.05) is 11.5 Å². The quantitative estimate of drug-likeness (QED) is 0.642. The van der Waals surface area contributed by atoms with Crippen LogP contribution in [0.15, 0.2) is 12.1 Å². The highest BCUT2D eigenvalue weighted by Gasteiger charge is 2.45. The Balaban J connectivity index is 1.63. The summed E-state index contributed by atoms with van der Waals surface area (Å²) < 4.78 is 14.7. The molecule has 0 heterocycles. The first-order valence-electron chi connectivity index (χ1n) is 9.48. The molecule has 3 aliphatic rings. The largest absolute Gasteiger partial charge is 0.349 e. The molecule has 4 rings (SSSR count). The van der Waals surface area contributed by atoms with Crippen LogP contribution in [0.3, 0.4) is 0 Å². The van der Waals surface area contributed by atoms with Gasteiger partial charge in [0.2, 0.25) is 5.91 Å². The van der Waals surface area contributed by atoms with E-state index in [0.717, 1.165) is 50.4 Å². The van der Waals surface area contributed by atoms with E-state index in [4.69, 9.17) is 23.2 Å². The van der Waals surface area contributed by atoms with Gasteiger partial charge in [0.05, 0.1) is 16.1 Å². The minimum atomic E-state index is -0.374. The van der Waals surface area contributed by atoms with Gasteiger partial charge in [-0.1, -0.05) is 36.0 Å². The number of carbonyl (C=O) groups is 1. The van der Waals surface area contributed by atoms with Crippen molar-refractivity contribution >= 4 is 29.1 Å². The average Bonchev–Trinajstić information content (AvgIpc) is 3.16. The van der Waals surface area contributed by atoms with Crippen LogP contribution in [0, 0.1) is 29.5 Å². The SMILES string of the molecule is O=C(NC(c1c(F)ccc(Cl)c1Cl)[C@@H]1CCC2CC2C1)C1CCCC1. The molecule has 0 bridgehead atoms. The number of halogens is 3. The predicted octanol–water partition coefficient (Wildman–Crippen LogP) is 5.92. The van der Waals surface area contributed by atoms with Crippen molar-refractivity contribution in [3.8, 4) is 0 Å². The fourth-order valence-corrected chi connectivity index (χ4v) is 5.34. The van der Waals surface area contributed by atoms with E-state index >= 15 is 0 Å². The summed E-state index contributed by atoms with van der Waals surface area (Å²) in [6.45, 7) is 0. The molecule has 0 radical (unpaired) electrons. The van der Waals surface area contributed by atoms with E-state index in [9.17, 15) is 9.18 Å². The summed E-state index contributed by atoms with van der Waals surface area (Å²) in [6, 6.07) is 2.47. The summed E-state index contributed by atoms with van der Waals surface area (Å²) in [7, 11) is 0. The standard InChI is InChI=1S/C20H24Cl2FNO/c21-15-7-8-16(23)17(18(15)22)19(13-6-5-12-9-14(12)10-13)24-20(25)11-3-1-2-4-11/h7-8,11-14,19H,1-6,9-10H2,(H,24,25)/t12?,13-,14?,19?/m1/s1. The Hall–Kier alpha value is -0.800. The number of amides is 1. The highest BCUT2D eigenvalue weighted by atomic mass is 35.5. The normalized spacial score (nSPS) is 30.0. The van der Waals surface area contributed by atoms with E-state index < -0.39 is 0 Å². The van der Waals surface area contributed by atoms with Crippen molar-refractivity contribution in [3.05, 3.63) is 33.6 Å². The fourth-order valence-electron chi connectivity index (χ4n) is 4.90. The van der Waals surface area contributed by atoms with Gasteiger partial charge in [0.25, 0.3) is 0 Å². The number of hydrogen-bond acceptors (Lipinski definition) is 1. The molecule has 0 saturated heterocycles. The first kappa shape index (κ1) is 17.6. The summed E-state index contributed by atoms with van der Waals surface area (Å²) in [5, 5.41) is 3.76. The maximum Gasteiger partial charge on any atom is 0.223 e. The molecule has 1 N–H and O–H groups in total. The van der Waals surface area contributed by atoms with Crippen LogP contribution in [-0.4, -0.2) is 5.91 Å². The lowest BCUT2D eigenvalue weighted by atomic mass is 9.80. The number of nitrogens with one attached hydrogen (secondary N) is 1. The second kappa shape index (κ2) is 7.08. The van der Waals surface area contributed by atoms with Crippen molar-refractivity contribution in [2.75, 3.05) is 0 Å². The molecular formula is C20H24Cl2FNO. The molecule has 2 nitrogen and oxygen atoms in total. The van der Waals surface area contributed by atoms with Gasteiger partial charge in [-0.3, -0.25) is 4.79 Å². The van der Waals surface area contributed by atoms with Crippen LogP contribution in [0.1, 0.15) is 63.0 Å². The molecule has 0 spiro atoms. The van der Waals surface area contributed by atoms with Crippen molar-refractivity contribution in [2.45, 2.75) is 57.4 Å². The minimum Gasteiger partial charge on any atom is -0.349 e. The smallest absolute Gasteiger partial charge is 0.223 e. The van der Waals surface area contributed by atoms with Gasteiger partial charge >= 0.3 is 0 Å². The van der Waals surface area contributed by atoms with E-state index in [-0.39, 0.29) is 34.6 Å². The first-order chi connectivity index (χ1) is 12.0. The van der Waals surface area contributed by atoms with Gasteiger partial charge in [-0.2, -0.15) is 0 Å². The van der Waals surface area contributed by atoms with Gasteiger partial charge in [-0.05, 0) is 68.4 Å². The second-order valence-electron chi connectivity index (χ2n) is 8.05. The van der Waals surface area contributed by atoms with Gasteiger partial charge < -0.3 is 5.32 Å². The van der Waals surface area contributed by atoms with Crippen molar-refractivity contribution in [1.29, 1.82) is 0 Å². The third-order valence-corrected chi connectivity index (χ3v) is 7.29. The lowest BCUT2D eigenvalue weighted by molar-refractivity contribution is -0.126. The van der Waals surface area contributed by atoms with E-state index in [1.54, 1.807) is 0 Å².